The SMILES string of the molecule is C=CCOc1cccc(NC(=O)c2ccc(OC3CCCC3)c(OC)c2)c1. The molecule has 1 aliphatic rings. The van der Waals surface area contributed by atoms with Crippen molar-refractivity contribution in [3.8, 4) is 17.2 Å². The van der Waals surface area contributed by atoms with Crippen LogP contribution in [0.3, 0.4) is 0 Å². The molecule has 1 aliphatic carbocycles. The molecule has 0 atom stereocenters. The van der Waals surface area contributed by atoms with Crippen LogP contribution in [0, 0.1) is 0 Å². The first-order valence-electron chi connectivity index (χ1n) is 9.19. The van der Waals surface area contributed by atoms with Crippen molar-refractivity contribution in [2.24, 2.45) is 0 Å². The van der Waals surface area contributed by atoms with Crippen LogP contribution in [0.5, 0.6) is 17.2 Å². The van der Waals surface area contributed by atoms with Crippen molar-refractivity contribution in [1.82, 2.24) is 0 Å². The Hall–Kier alpha value is -2.95. The maximum Gasteiger partial charge on any atom is 0.255 e. The Morgan fingerprint density at radius 3 is 2.74 bits per heavy atom. The molecule has 0 spiro atoms. The Kier molecular flexibility index (Phi) is 6.36. The zero-order valence-corrected chi connectivity index (χ0v) is 15.6. The van der Waals surface area contributed by atoms with Crippen molar-refractivity contribution in [3.05, 3.63) is 60.7 Å². The van der Waals surface area contributed by atoms with Crippen LogP contribution in [0.4, 0.5) is 5.69 Å². The van der Waals surface area contributed by atoms with Crippen molar-refractivity contribution in [2.75, 3.05) is 19.0 Å². The number of benzene rings is 2. The monoisotopic (exact) mass is 367 g/mol. The van der Waals surface area contributed by atoms with E-state index in [0.29, 0.717) is 35.1 Å². The van der Waals surface area contributed by atoms with Gasteiger partial charge in [0.05, 0.1) is 13.2 Å². The largest absolute Gasteiger partial charge is 0.493 e. The van der Waals surface area contributed by atoms with E-state index < -0.39 is 0 Å². The molecule has 2 aromatic carbocycles. The summed E-state index contributed by atoms with van der Waals surface area (Å²) in [5, 5.41) is 2.88. The summed E-state index contributed by atoms with van der Waals surface area (Å²) < 4.78 is 16.9. The highest BCUT2D eigenvalue weighted by atomic mass is 16.5. The van der Waals surface area contributed by atoms with Crippen LogP contribution in [0.1, 0.15) is 36.0 Å². The second-order valence-electron chi connectivity index (χ2n) is 6.47. The van der Waals surface area contributed by atoms with Gasteiger partial charge in [-0.15, -0.1) is 0 Å². The van der Waals surface area contributed by atoms with Gasteiger partial charge >= 0.3 is 0 Å². The molecule has 2 aromatic rings. The van der Waals surface area contributed by atoms with Crippen LogP contribution in [-0.2, 0) is 0 Å². The summed E-state index contributed by atoms with van der Waals surface area (Å²) in [6.07, 6.45) is 6.43. The molecule has 1 fully saturated rings. The molecule has 5 heteroatoms. The molecule has 27 heavy (non-hydrogen) atoms. The Labute approximate surface area is 159 Å². The zero-order valence-electron chi connectivity index (χ0n) is 15.6. The smallest absolute Gasteiger partial charge is 0.255 e. The van der Waals surface area contributed by atoms with E-state index >= 15 is 0 Å². The minimum atomic E-state index is -0.221. The van der Waals surface area contributed by atoms with Crippen LogP contribution in [0.2, 0.25) is 0 Å². The van der Waals surface area contributed by atoms with E-state index in [1.54, 1.807) is 37.5 Å². The van der Waals surface area contributed by atoms with E-state index in [9.17, 15) is 4.79 Å². The number of carbonyl (C=O) groups excluding carboxylic acids is 1. The van der Waals surface area contributed by atoms with Gasteiger partial charge in [0.2, 0.25) is 0 Å². The van der Waals surface area contributed by atoms with Crippen molar-refractivity contribution < 1.29 is 19.0 Å². The summed E-state index contributed by atoms with van der Waals surface area (Å²) in [4.78, 5) is 12.6. The van der Waals surface area contributed by atoms with Crippen LogP contribution >= 0.6 is 0 Å². The van der Waals surface area contributed by atoms with E-state index in [1.807, 2.05) is 18.2 Å². The lowest BCUT2D eigenvalue weighted by Crippen LogP contribution is -2.14. The molecule has 3 rings (SSSR count). The molecule has 5 nitrogen and oxygen atoms in total. The van der Waals surface area contributed by atoms with Crippen LogP contribution in [-0.4, -0.2) is 25.7 Å². The number of methoxy groups -OCH3 is 1. The van der Waals surface area contributed by atoms with Gasteiger partial charge in [-0.1, -0.05) is 18.7 Å². The van der Waals surface area contributed by atoms with Gasteiger partial charge in [0.15, 0.2) is 11.5 Å². The number of ether oxygens (including phenoxy) is 3. The quantitative estimate of drug-likeness (QED) is 0.679. The fourth-order valence-electron chi connectivity index (χ4n) is 3.11. The first-order chi connectivity index (χ1) is 13.2. The molecule has 0 radical (unpaired) electrons. The van der Waals surface area contributed by atoms with Gasteiger partial charge < -0.3 is 19.5 Å². The molecule has 1 saturated carbocycles. The van der Waals surface area contributed by atoms with E-state index in [2.05, 4.69) is 11.9 Å². The fourth-order valence-corrected chi connectivity index (χ4v) is 3.11. The van der Waals surface area contributed by atoms with Gasteiger partial charge in [-0.2, -0.15) is 0 Å². The number of anilines is 1. The number of hydrogen-bond donors (Lipinski definition) is 1. The number of rotatable bonds is 8. The molecule has 0 saturated heterocycles. The zero-order chi connectivity index (χ0) is 19.1. The number of carbonyl (C=O) groups is 1. The normalized spacial score (nSPS) is 13.8. The Balaban J connectivity index is 1.69. The lowest BCUT2D eigenvalue weighted by molar-refractivity contribution is 0.102. The second-order valence-corrected chi connectivity index (χ2v) is 6.47. The Bertz CT molecular complexity index is 797. The van der Waals surface area contributed by atoms with Gasteiger partial charge in [-0.25, -0.2) is 0 Å². The molecule has 0 aliphatic heterocycles. The van der Waals surface area contributed by atoms with Crippen molar-refractivity contribution in [2.45, 2.75) is 31.8 Å². The van der Waals surface area contributed by atoms with Crippen LogP contribution in [0.15, 0.2) is 55.1 Å². The molecule has 1 amide bonds. The Morgan fingerprint density at radius 1 is 1.19 bits per heavy atom. The minimum absolute atomic E-state index is 0.221. The maximum atomic E-state index is 12.6. The summed E-state index contributed by atoms with van der Waals surface area (Å²) in [6, 6.07) is 12.5. The average molecular weight is 367 g/mol. The highest BCUT2D eigenvalue weighted by Gasteiger charge is 2.19. The second kappa shape index (κ2) is 9.12. The molecule has 142 valence electrons. The maximum absolute atomic E-state index is 12.6. The summed E-state index contributed by atoms with van der Waals surface area (Å²) in [5.74, 6) is 1.70. The van der Waals surface area contributed by atoms with E-state index in [-0.39, 0.29) is 12.0 Å². The van der Waals surface area contributed by atoms with E-state index in [0.717, 1.165) is 12.8 Å². The standard InChI is InChI=1S/C22H25NO4/c1-3-13-26-19-10-6-7-17(15-19)23-22(24)16-11-12-20(21(14-16)25-2)27-18-8-4-5-9-18/h3,6-7,10-12,14-15,18H,1,4-5,8-9,13H2,2H3,(H,23,24). The van der Waals surface area contributed by atoms with Crippen LogP contribution < -0.4 is 19.5 Å². The highest BCUT2D eigenvalue weighted by molar-refractivity contribution is 6.04. The lowest BCUT2D eigenvalue weighted by Gasteiger charge is -2.16. The van der Waals surface area contributed by atoms with E-state index in [1.165, 1.54) is 12.8 Å². The van der Waals surface area contributed by atoms with E-state index in [4.69, 9.17) is 14.2 Å². The van der Waals surface area contributed by atoms with Crippen molar-refractivity contribution in [1.29, 1.82) is 0 Å². The molecular formula is C22H25NO4. The molecule has 0 aromatic heterocycles. The van der Waals surface area contributed by atoms with Gasteiger partial charge in [0.25, 0.3) is 5.91 Å². The predicted octanol–water partition coefficient (Wildman–Crippen LogP) is 4.83. The summed E-state index contributed by atoms with van der Waals surface area (Å²) in [7, 11) is 1.58. The number of hydrogen-bond acceptors (Lipinski definition) is 4. The van der Waals surface area contributed by atoms with Crippen molar-refractivity contribution >= 4 is 11.6 Å². The van der Waals surface area contributed by atoms with Gasteiger partial charge in [0, 0.05) is 17.3 Å². The molecule has 1 N–H and O–H groups in total. The molecular weight excluding hydrogens is 342 g/mol. The fraction of sp³-hybridized carbons (Fsp3) is 0.318. The third kappa shape index (κ3) is 5.03. The highest BCUT2D eigenvalue weighted by Crippen LogP contribution is 2.32. The summed E-state index contributed by atoms with van der Waals surface area (Å²) in [6.45, 7) is 4.04. The van der Waals surface area contributed by atoms with Gasteiger partial charge in [-0.3, -0.25) is 4.79 Å². The number of nitrogens with one attached hydrogen (secondary N) is 1. The third-order valence-electron chi connectivity index (χ3n) is 4.48. The first kappa shape index (κ1) is 18.8. The lowest BCUT2D eigenvalue weighted by atomic mass is 10.1. The average Bonchev–Trinajstić information content (AvgIpc) is 3.20. The predicted molar refractivity (Wildman–Crippen MR) is 106 cm³/mol. The molecule has 0 heterocycles. The first-order valence-corrected chi connectivity index (χ1v) is 9.19. The summed E-state index contributed by atoms with van der Waals surface area (Å²) >= 11 is 0. The topological polar surface area (TPSA) is 56.8 Å². The third-order valence-corrected chi connectivity index (χ3v) is 4.48. The molecule has 0 unspecified atom stereocenters. The van der Waals surface area contributed by atoms with Gasteiger partial charge in [-0.05, 0) is 56.0 Å². The molecule has 0 bridgehead atoms. The Morgan fingerprint density at radius 2 is 2.00 bits per heavy atom. The summed E-state index contributed by atoms with van der Waals surface area (Å²) in [5.41, 5.74) is 1.16. The minimum Gasteiger partial charge on any atom is -0.493 e. The van der Waals surface area contributed by atoms with Gasteiger partial charge in [0.1, 0.15) is 12.4 Å². The van der Waals surface area contributed by atoms with Crippen molar-refractivity contribution in [3.63, 3.8) is 0 Å². The number of amides is 1. The van der Waals surface area contributed by atoms with Crippen LogP contribution in [0.25, 0.3) is 0 Å².